The summed E-state index contributed by atoms with van der Waals surface area (Å²) in [5.74, 6) is 0. The molecule has 70 valence electrons. The van der Waals surface area contributed by atoms with Gasteiger partial charge in [-0.15, -0.1) is 11.8 Å². The van der Waals surface area contributed by atoms with Crippen LogP contribution in [0.3, 0.4) is 0 Å². The zero-order valence-corrected chi connectivity index (χ0v) is 8.87. The summed E-state index contributed by atoms with van der Waals surface area (Å²) in [5, 5.41) is 1.57. The van der Waals surface area contributed by atoms with E-state index in [1.54, 1.807) is 0 Å². The Balaban J connectivity index is 2.10. The van der Waals surface area contributed by atoms with Crippen molar-refractivity contribution in [1.82, 2.24) is 0 Å². The highest BCUT2D eigenvalue weighted by Crippen LogP contribution is 2.39. The molecule has 13 heavy (non-hydrogen) atoms. The molecule has 0 unspecified atom stereocenters. The van der Waals surface area contributed by atoms with Gasteiger partial charge in [-0.25, -0.2) is 0 Å². The van der Waals surface area contributed by atoms with Gasteiger partial charge in [-0.1, -0.05) is 18.0 Å². The van der Waals surface area contributed by atoms with Crippen molar-refractivity contribution in [3.8, 4) is 0 Å². The molecular formula is C10H12ClNS. The molecule has 0 aromatic heterocycles. The Hall–Kier alpha value is -0.340. The van der Waals surface area contributed by atoms with Crippen LogP contribution in [-0.2, 0) is 0 Å². The Labute approximate surface area is 87.7 Å². The van der Waals surface area contributed by atoms with Gasteiger partial charge in [-0.05, 0) is 31.0 Å². The summed E-state index contributed by atoms with van der Waals surface area (Å²) in [4.78, 5) is 1.17. The van der Waals surface area contributed by atoms with Gasteiger partial charge < -0.3 is 5.73 Å². The molecular weight excluding hydrogens is 202 g/mol. The van der Waals surface area contributed by atoms with Crippen molar-refractivity contribution in [2.75, 3.05) is 5.73 Å². The quantitative estimate of drug-likeness (QED) is 0.761. The normalized spacial score (nSPS) is 17.0. The van der Waals surface area contributed by atoms with Crippen molar-refractivity contribution in [2.24, 2.45) is 0 Å². The van der Waals surface area contributed by atoms with Crippen LogP contribution >= 0.6 is 23.4 Å². The summed E-state index contributed by atoms with van der Waals surface area (Å²) >= 11 is 7.93. The number of nitrogens with two attached hydrogens (primary N) is 1. The minimum absolute atomic E-state index is 0.739. The lowest BCUT2D eigenvalue weighted by Gasteiger charge is -2.24. The first kappa shape index (κ1) is 9.22. The summed E-state index contributed by atoms with van der Waals surface area (Å²) < 4.78 is 0. The fraction of sp³-hybridized carbons (Fsp3) is 0.400. The van der Waals surface area contributed by atoms with Gasteiger partial charge in [0.15, 0.2) is 0 Å². The molecule has 0 bridgehead atoms. The number of thioether (sulfide) groups is 1. The Morgan fingerprint density at radius 2 is 2.15 bits per heavy atom. The molecule has 0 saturated heterocycles. The Morgan fingerprint density at radius 3 is 2.69 bits per heavy atom. The lowest BCUT2D eigenvalue weighted by atomic mass is 10.0. The molecule has 2 rings (SSSR count). The average molecular weight is 214 g/mol. The number of hydrogen-bond donors (Lipinski definition) is 1. The van der Waals surface area contributed by atoms with Crippen LogP contribution in [0, 0.1) is 0 Å². The maximum Gasteiger partial charge on any atom is 0.0562 e. The monoisotopic (exact) mass is 213 g/mol. The molecule has 0 atom stereocenters. The smallest absolute Gasteiger partial charge is 0.0562 e. The highest BCUT2D eigenvalue weighted by Gasteiger charge is 2.19. The lowest BCUT2D eigenvalue weighted by molar-refractivity contribution is 0.522. The van der Waals surface area contributed by atoms with E-state index >= 15 is 0 Å². The number of halogens is 1. The molecule has 0 radical (unpaired) electrons. The van der Waals surface area contributed by atoms with Gasteiger partial charge >= 0.3 is 0 Å². The van der Waals surface area contributed by atoms with Crippen LogP contribution in [0.1, 0.15) is 19.3 Å². The van der Waals surface area contributed by atoms with Gasteiger partial charge in [0.25, 0.3) is 0 Å². The van der Waals surface area contributed by atoms with E-state index in [1.165, 1.54) is 24.2 Å². The van der Waals surface area contributed by atoms with Gasteiger partial charge in [-0.2, -0.15) is 0 Å². The number of rotatable bonds is 2. The standard InChI is InChI=1S/C10H12ClNS/c11-9-6-7(12)4-5-10(9)13-8-2-1-3-8/h4-6,8H,1-3,12H2. The molecule has 1 nitrogen and oxygen atoms in total. The summed E-state index contributed by atoms with van der Waals surface area (Å²) in [6.45, 7) is 0. The third-order valence-electron chi connectivity index (χ3n) is 2.30. The summed E-state index contributed by atoms with van der Waals surface area (Å²) in [7, 11) is 0. The Morgan fingerprint density at radius 1 is 1.38 bits per heavy atom. The molecule has 0 spiro atoms. The van der Waals surface area contributed by atoms with E-state index in [0.717, 1.165) is 16.0 Å². The molecule has 1 aromatic carbocycles. The Kier molecular flexibility index (Phi) is 2.70. The summed E-state index contributed by atoms with van der Waals surface area (Å²) in [6, 6.07) is 5.75. The van der Waals surface area contributed by atoms with Gasteiger partial charge in [0.1, 0.15) is 0 Å². The van der Waals surface area contributed by atoms with Crippen molar-refractivity contribution in [3.05, 3.63) is 23.2 Å². The molecule has 2 N–H and O–H groups in total. The maximum absolute atomic E-state index is 6.05. The molecule has 3 heteroatoms. The first-order valence-electron chi connectivity index (χ1n) is 4.47. The van der Waals surface area contributed by atoms with Crippen LogP contribution in [0.25, 0.3) is 0 Å². The van der Waals surface area contributed by atoms with Crippen molar-refractivity contribution in [1.29, 1.82) is 0 Å². The highest BCUT2D eigenvalue weighted by molar-refractivity contribution is 8.00. The highest BCUT2D eigenvalue weighted by atomic mass is 35.5. The van der Waals surface area contributed by atoms with Gasteiger partial charge in [0.05, 0.1) is 5.02 Å². The van der Waals surface area contributed by atoms with E-state index in [2.05, 4.69) is 0 Å². The van der Waals surface area contributed by atoms with E-state index in [1.807, 2.05) is 30.0 Å². The van der Waals surface area contributed by atoms with E-state index in [0.29, 0.717) is 0 Å². The maximum atomic E-state index is 6.05. The molecule has 1 aromatic rings. The second-order valence-electron chi connectivity index (χ2n) is 3.36. The second-order valence-corrected chi connectivity index (χ2v) is 5.11. The number of hydrogen-bond acceptors (Lipinski definition) is 2. The van der Waals surface area contributed by atoms with Crippen LogP contribution in [0.5, 0.6) is 0 Å². The fourth-order valence-corrected chi connectivity index (χ4v) is 2.85. The molecule has 0 heterocycles. The molecule has 1 aliphatic rings. The third kappa shape index (κ3) is 2.12. The van der Waals surface area contributed by atoms with Crippen LogP contribution in [0.4, 0.5) is 5.69 Å². The second kappa shape index (κ2) is 3.81. The Bertz CT molecular complexity index is 310. The third-order valence-corrected chi connectivity index (χ3v) is 4.14. The SMILES string of the molecule is Nc1ccc(SC2CCC2)c(Cl)c1. The first-order chi connectivity index (χ1) is 6.25. The minimum atomic E-state index is 0.739. The van der Waals surface area contributed by atoms with E-state index in [4.69, 9.17) is 17.3 Å². The predicted molar refractivity (Wildman–Crippen MR) is 59.4 cm³/mol. The van der Waals surface area contributed by atoms with Crippen molar-refractivity contribution < 1.29 is 0 Å². The minimum Gasteiger partial charge on any atom is -0.399 e. The molecule has 1 fully saturated rings. The van der Waals surface area contributed by atoms with Crippen molar-refractivity contribution in [2.45, 2.75) is 29.4 Å². The number of nitrogen functional groups attached to an aromatic ring is 1. The van der Waals surface area contributed by atoms with E-state index in [-0.39, 0.29) is 0 Å². The fourth-order valence-electron chi connectivity index (χ4n) is 1.28. The average Bonchev–Trinajstić information content (AvgIpc) is 1.99. The van der Waals surface area contributed by atoms with E-state index in [9.17, 15) is 0 Å². The number of anilines is 1. The molecule has 1 saturated carbocycles. The van der Waals surface area contributed by atoms with Gasteiger partial charge in [0.2, 0.25) is 0 Å². The predicted octanol–water partition coefficient (Wildman–Crippen LogP) is 3.57. The topological polar surface area (TPSA) is 26.0 Å². The van der Waals surface area contributed by atoms with E-state index < -0.39 is 0 Å². The number of benzene rings is 1. The van der Waals surface area contributed by atoms with Crippen LogP contribution in [0.2, 0.25) is 5.02 Å². The van der Waals surface area contributed by atoms with Gasteiger partial charge in [-0.3, -0.25) is 0 Å². The summed E-state index contributed by atoms with van der Waals surface area (Å²) in [6.07, 6.45) is 4.01. The molecule has 1 aliphatic carbocycles. The largest absolute Gasteiger partial charge is 0.399 e. The lowest BCUT2D eigenvalue weighted by Crippen LogP contribution is -2.12. The zero-order chi connectivity index (χ0) is 9.26. The van der Waals surface area contributed by atoms with Crippen molar-refractivity contribution >= 4 is 29.1 Å². The van der Waals surface area contributed by atoms with Crippen LogP contribution in [-0.4, -0.2) is 5.25 Å². The van der Waals surface area contributed by atoms with Crippen molar-refractivity contribution in [3.63, 3.8) is 0 Å². The summed E-state index contributed by atoms with van der Waals surface area (Å²) in [5.41, 5.74) is 6.35. The van der Waals surface area contributed by atoms with Crippen LogP contribution in [0.15, 0.2) is 23.1 Å². The zero-order valence-electron chi connectivity index (χ0n) is 7.29. The van der Waals surface area contributed by atoms with Gasteiger partial charge in [0, 0.05) is 15.8 Å². The first-order valence-corrected chi connectivity index (χ1v) is 5.73. The molecule has 0 aliphatic heterocycles. The van der Waals surface area contributed by atoms with Crippen LogP contribution < -0.4 is 5.73 Å². The molecule has 0 amide bonds.